The fraction of sp³-hybridized carbons (Fsp3) is 0.304. The van der Waals surface area contributed by atoms with E-state index in [-0.39, 0.29) is 17.9 Å². The van der Waals surface area contributed by atoms with Gasteiger partial charge in [0.25, 0.3) is 0 Å². The van der Waals surface area contributed by atoms with Crippen LogP contribution in [0.2, 0.25) is 0 Å². The predicted octanol–water partition coefficient (Wildman–Crippen LogP) is 3.47. The number of methoxy groups -OCH3 is 1. The quantitative estimate of drug-likeness (QED) is 0.563. The van der Waals surface area contributed by atoms with Crippen LogP contribution in [0.4, 0.5) is 0 Å². The first kappa shape index (κ1) is 21.4. The number of hydrogen-bond donors (Lipinski definition) is 1. The summed E-state index contributed by atoms with van der Waals surface area (Å²) in [6.07, 6.45) is 4.23. The Hall–Kier alpha value is -2.92. The number of rotatable bonds is 8. The summed E-state index contributed by atoms with van der Waals surface area (Å²) in [6.45, 7) is 2.65. The van der Waals surface area contributed by atoms with Crippen molar-refractivity contribution >= 4 is 18.0 Å². The van der Waals surface area contributed by atoms with Crippen molar-refractivity contribution < 1.29 is 14.3 Å². The van der Waals surface area contributed by atoms with E-state index in [2.05, 4.69) is 46.1 Å². The van der Waals surface area contributed by atoms with Crippen LogP contribution in [0.5, 0.6) is 0 Å². The molecular weight excluding hydrogens is 352 g/mol. The summed E-state index contributed by atoms with van der Waals surface area (Å²) in [6, 6.07) is 15.5. The van der Waals surface area contributed by atoms with Crippen LogP contribution in [0.15, 0.2) is 54.6 Å². The molecule has 5 nitrogen and oxygen atoms in total. The van der Waals surface area contributed by atoms with E-state index in [0.717, 1.165) is 12.0 Å². The molecule has 0 saturated heterocycles. The van der Waals surface area contributed by atoms with Gasteiger partial charge in [-0.3, -0.25) is 4.79 Å². The summed E-state index contributed by atoms with van der Waals surface area (Å²) in [7, 11) is 5.35. The Morgan fingerprint density at radius 2 is 1.71 bits per heavy atom. The topological polar surface area (TPSA) is 58.6 Å². The molecule has 0 radical (unpaired) electrons. The van der Waals surface area contributed by atoms with E-state index in [1.807, 2.05) is 14.1 Å². The van der Waals surface area contributed by atoms with Crippen molar-refractivity contribution in [3.63, 3.8) is 0 Å². The molecule has 1 amide bonds. The molecule has 1 unspecified atom stereocenters. The molecule has 2 aromatic carbocycles. The zero-order valence-corrected chi connectivity index (χ0v) is 16.9. The standard InChI is InChI=1S/C23H28N2O3/c1-5-17-6-11-19(12-7-17)21(25(2)3)16-24-22(26)15-10-18-8-13-20(14-9-18)23(27)28-4/h6-15,21H,5,16H2,1-4H3,(H,24,26)/b15-10+. The van der Waals surface area contributed by atoms with Gasteiger partial charge >= 0.3 is 5.97 Å². The highest BCUT2D eigenvalue weighted by Gasteiger charge is 2.14. The largest absolute Gasteiger partial charge is 0.465 e. The van der Waals surface area contributed by atoms with E-state index in [4.69, 9.17) is 0 Å². The zero-order valence-electron chi connectivity index (χ0n) is 16.9. The van der Waals surface area contributed by atoms with Crippen LogP contribution >= 0.6 is 0 Å². The third-order valence-corrected chi connectivity index (χ3v) is 4.62. The van der Waals surface area contributed by atoms with Crippen molar-refractivity contribution in [3.8, 4) is 0 Å². The minimum absolute atomic E-state index is 0.0996. The molecule has 2 rings (SSSR count). The van der Waals surface area contributed by atoms with E-state index in [0.29, 0.717) is 12.1 Å². The number of nitrogens with zero attached hydrogens (tertiary/aromatic N) is 1. The van der Waals surface area contributed by atoms with Crippen molar-refractivity contribution in [2.45, 2.75) is 19.4 Å². The minimum atomic E-state index is -0.380. The lowest BCUT2D eigenvalue weighted by Gasteiger charge is -2.25. The van der Waals surface area contributed by atoms with Gasteiger partial charge in [-0.1, -0.05) is 43.3 Å². The van der Waals surface area contributed by atoms with Crippen LogP contribution in [-0.2, 0) is 16.0 Å². The second-order valence-corrected chi connectivity index (χ2v) is 6.77. The number of nitrogens with one attached hydrogen (secondary N) is 1. The highest BCUT2D eigenvalue weighted by atomic mass is 16.5. The first-order chi connectivity index (χ1) is 13.4. The second kappa shape index (κ2) is 10.4. The van der Waals surface area contributed by atoms with Gasteiger partial charge in [-0.05, 0) is 55.4 Å². The van der Waals surface area contributed by atoms with Gasteiger partial charge in [0.1, 0.15) is 0 Å². The Morgan fingerprint density at radius 1 is 1.07 bits per heavy atom. The Balaban J connectivity index is 1.95. The number of hydrogen-bond acceptors (Lipinski definition) is 4. The van der Waals surface area contributed by atoms with Crippen LogP contribution in [-0.4, -0.2) is 44.5 Å². The van der Waals surface area contributed by atoms with Gasteiger partial charge in [-0.15, -0.1) is 0 Å². The van der Waals surface area contributed by atoms with Gasteiger partial charge in [-0.25, -0.2) is 4.79 Å². The zero-order chi connectivity index (χ0) is 20.5. The Labute approximate surface area is 167 Å². The van der Waals surface area contributed by atoms with E-state index in [9.17, 15) is 9.59 Å². The molecule has 0 bridgehead atoms. The minimum Gasteiger partial charge on any atom is -0.465 e. The first-order valence-corrected chi connectivity index (χ1v) is 9.34. The molecule has 148 valence electrons. The predicted molar refractivity (Wildman–Crippen MR) is 112 cm³/mol. The molecule has 2 aromatic rings. The van der Waals surface area contributed by atoms with Gasteiger partial charge in [0.2, 0.25) is 5.91 Å². The molecule has 28 heavy (non-hydrogen) atoms. The fourth-order valence-electron chi connectivity index (χ4n) is 2.85. The van der Waals surface area contributed by atoms with Crippen molar-refractivity contribution in [2.24, 2.45) is 0 Å². The molecule has 0 spiro atoms. The van der Waals surface area contributed by atoms with Crippen LogP contribution in [0, 0.1) is 0 Å². The maximum atomic E-state index is 12.2. The van der Waals surface area contributed by atoms with Gasteiger partial charge in [0, 0.05) is 12.6 Å². The monoisotopic (exact) mass is 380 g/mol. The lowest BCUT2D eigenvalue weighted by molar-refractivity contribution is -0.116. The van der Waals surface area contributed by atoms with Gasteiger partial charge in [-0.2, -0.15) is 0 Å². The van der Waals surface area contributed by atoms with Crippen LogP contribution < -0.4 is 5.32 Å². The average Bonchev–Trinajstić information content (AvgIpc) is 2.72. The van der Waals surface area contributed by atoms with Gasteiger partial charge in [0.05, 0.1) is 18.7 Å². The molecule has 0 aromatic heterocycles. The molecule has 0 heterocycles. The van der Waals surface area contributed by atoms with Crippen molar-refractivity contribution in [1.82, 2.24) is 10.2 Å². The highest BCUT2D eigenvalue weighted by Crippen LogP contribution is 2.18. The molecule has 0 aliphatic heterocycles. The maximum Gasteiger partial charge on any atom is 0.337 e. The summed E-state index contributed by atoms with van der Waals surface area (Å²) in [5, 5.41) is 2.96. The summed E-state index contributed by atoms with van der Waals surface area (Å²) >= 11 is 0. The number of esters is 1. The maximum absolute atomic E-state index is 12.2. The number of likely N-dealkylation sites (N-methyl/N-ethyl adjacent to an activating group) is 1. The summed E-state index contributed by atoms with van der Waals surface area (Å²) in [4.78, 5) is 25.7. The fourth-order valence-corrected chi connectivity index (χ4v) is 2.85. The van der Waals surface area contributed by atoms with E-state index in [1.54, 1.807) is 30.3 Å². The number of carbonyl (C=O) groups is 2. The number of benzene rings is 2. The molecule has 1 atom stereocenters. The second-order valence-electron chi connectivity index (χ2n) is 6.77. The Kier molecular flexibility index (Phi) is 7.96. The Morgan fingerprint density at radius 3 is 2.25 bits per heavy atom. The summed E-state index contributed by atoms with van der Waals surface area (Å²) in [5.74, 6) is -0.538. The molecule has 5 heteroatoms. The SMILES string of the molecule is CCc1ccc(C(CNC(=O)/C=C/c2ccc(C(=O)OC)cc2)N(C)C)cc1. The van der Waals surface area contributed by atoms with Gasteiger partial charge in [0.15, 0.2) is 0 Å². The third kappa shape index (κ3) is 6.06. The van der Waals surface area contributed by atoms with Crippen molar-refractivity contribution in [3.05, 3.63) is 76.9 Å². The van der Waals surface area contributed by atoms with Crippen molar-refractivity contribution in [1.29, 1.82) is 0 Å². The van der Waals surface area contributed by atoms with E-state index < -0.39 is 0 Å². The molecule has 0 saturated carbocycles. The first-order valence-electron chi connectivity index (χ1n) is 9.34. The lowest BCUT2D eigenvalue weighted by atomic mass is 10.0. The summed E-state index contributed by atoms with van der Waals surface area (Å²) < 4.78 is 4.67. The Bertz CT molecular complexity index is 809. The van der Waals surface area contributed by atoms with Crippen LogP contribution in [0.1, 0.15) is 40.0 Å². The number of amides is 1. The normalized spacial score (nSPS) is 12.2. The molecule has 1 N–H and O–H groups in total. The third-order valence-electron chi connectivity index (χ3n) is 4.62. The molecular formula is C23H28N2O3. The average molecular weight is 380 g/mol. The molecule has 0 aliphatic rings. The van der Waals surface area contributed by atoms with Crippen molar-refractivity contribution in [2.75, 3.05) is 27.7 Å². The number of ether oxygens (including phenoxy) is 1. The summed E-state index contributed by atoms with van der Waals surface area (Å²) in [5.41, 5.74) is 3.78. The van der Waals surface area contributed by atoms with Crippen LogP contribution in [0.25, 0.3) is 6.08 Å². The molecule has 0 fully saturated rings. The highest BCUT2D eigenvalue weighted by molar-refractivity contribution is 5.92. The van der Waals surface area contributed by atoms with E-state index in [1.165, 1.54) is 24.3 Å². The smallest absolute Gasteiger partial charge is 0.337 e. The van der Waals surface area contributed by atoms with E-state index >= 15 is 0 Å². The van der Waals surface area contributed by atoms with Gasteiger partial charge < -0.3 is 15.0 Å². The van der Waals surface area contributed by atoms with Crippen LogP contribution in [0.3, 0.4) is 0 Å². The number of carbonyl (C=O) groups excluding carboxylic acids is 2. The lowest BCUT2D eigenvalue weighted by Crippen LogP contribution is -2.33. The number of aryl methyl sites for hydroxylation is 1. The molecule has 0 aliphatic carbocycles.